The maximum Gasteiger partial charge on any atom is 0.252 e. The average Bonchev–Trinajstić information content (AvgIpc) is 3.25. The highest BCUT2D eigenvalue weighted by molar-refractivity contribution is 5.84. The van der Waals surface area contributed by atoms with Crippen molar-refractivity contribution in [1.29, 1.82) is 5.26 Å². The molecule has 0 radical (unpaired) electrons. The molecule has 154 valence electrons. The van der Waals surface area contributed by atoms with Crippen LogP contribution >= 0.6 is 0 Å². The first kappa shape index (κ1) is 21.3. The molecular weight excluding hydrogens is 372 g/mol. The van der Waals surface area contributed by atoms with Crippen molar-refractivity contribution in [3.63, 3.8) is 0 Å². The summed E-state index contributed by atoms with van der Waals surface area (Å²) in [6.45, 7) is 2.18. The molecule has 4 rings (SSSR count). The molecule has 0 aliphatic heterocycles. The largest absolute Gasteiger partial charge is 0.300 e. The molecule has 6 heteroatoms. The van der Waals surface area contributed by atoms with Gasteiger partial charge in [-0.15, -0.1) is 0 Å². The van der Waals surface area contributed by atoms with Crippen LogP contribution in [-0.2, 0) is 4.79 Å². The van der Waals surface area contributed by atoms with Crippen LogP contribution in [0, 0.1) is 29.1 Å². The van der Waals surface area contributed by atoms with Crippen LogP contribution in [0.25, 0.3) is 11.0 Å². The molecule has 1 heterocycles. The van der Waals surface area contributed by atoms with Crippen LogP contribution in [0.1, 0.15) is 69.9 Å². The Hall–Kier alpha value is -2.42. The van der Waals surface area contributed by atoms with Crippen LogP contribution in [0.3, 0.4) is 0 Å². The van der Waals surface area contributed by atoms with Gasteiger partial charge in [-0.2, -0.15) is 5.26 Å². The van der Waals surface area contributed by atoms with Crippen LogP contribution in [0.2, 0.25) is 0 Å². The Morgan fingerprint density at radius 3 is 2.52 bits per heavy atom. The van der Waals surface area contributed by atoms with Crippen molar-refractivity contribution in [2.24, 2.45) is 17.8 Å². The molecule has 4 nitrogen and oxygen atoms in total. The quantitative estimate of drug-likeness (QED) is 0.650. The molecule has 0 saturated heterocycles. The van der Waals surface area contributed by atoms with Gasteiger partial charge in [0.1, 0.15) is 17.4 Å². The third-order valence-corrected chi connectivity index (χ3v) is 6.20. The third kappa shape index (κ3) is 4.44. The first-order valence-electron chi connectivity index (χ1n) is 9.90. The van der Waals surface area contributed by atoms with Gasteiger partial charge in [0.25, 0.3) is 5.92 Å². The number of alkyl halides is 2. The lowest BCUT2D eigenvalue weighted by atomic mass is 9.71. The van der Waals surface area contributed by atoms with E-state index in [0.29, 0.717) is 23.4 Å². The van der Waals surface area contributed by atoms with Gasteiger partial charge in [0.2, 0.25) is 0 Å². The average molecular weight is 399 g/mol. The maximum atomic E-state index is 13.1. The summed E-state index contributed by atoms with van der Waals surface area (Å²) >= 11 is 0. The molecule has 2 fully saturated rings. The summed E-state index contributed by atoms with van der Waals surface area (Å²) in [5, 5.41) is 9.33. The van der Waals surface area contributed by atoms with E-state index in [1.54, 1.807) is 18.5 Å². The van der Waals surface area contributed by atoms with Crippen LogP contribution in [0.5, 0.6) is 0 Å². The lowest BCUT2D eigenvalue weighted by Gasteiger charge is -2.33. The monoisotopic (exact) mass is 399 g/mol. The number of Topliss-reactive ketones (excluding diaryl/α,β-unsaturated/α-hetero) is 1. The third-order valence-electron chi connectivity index (χ3n) is 6.20. The van der Waals surface area contributed by atoms with Gasteiger partial charge in [0.15, 0.2) is 0 Å². The fourth-order valence-electron chi connectivity index (χ4n) is 4.83. The Labute approximate surface area is 170 Å². The van der Waals surface area contributed by atoms with Crippen molar-refractivity contribution >= 4 is 16.8 Å². The molecule has 2 aromatic rings. The molecule has 0 spiro atoms. The number of carbonyl (C=O) groups is 1. The Kier molecular flexibility index (Phi) is 5.97. The minimum absolute atomic E-state index is 0. The van der Waals surface area contributed by atoms with E-state index in [-0.39, 0.29) is 37.9 Å². The van der Waals surface area contributed by atoms with Crippen molar-refractivity contribution in [3.8, 4) is 6.07 Å². The number of hydrogen-bond acceptors (Lipinski definition) is 4. The Morgan fingerprint density at radius 1 is 1.17 bits per heavy atom. The molecule has 1 unspecified atom stereocenters. The predicted molar refractivity (Wildman–Crippen MR) is 108 cm³/mol. The van der Waals surface area contributed by atoms with E-state index in [0.717, 1.165) is 30.3 Å². The van der Waals surface area contributed by atoms with E-state index in [1.165, 1.54) is 0 Å². The molecule has 0 amide bonds. The standard InChI is InChI=1S/C22H23F2N3O.CH4/c1-13-6-14(9-18(28)10-17-11-22(17,23)24)8-16(7-13)19-3-2-15(12-25)20-21(19)27-5-4-26-20;/h2-5,13-14,16-17H,6-11H2,1H3;1H4/t13-,14+,16-,17?;/m0./s1. The molecule has 1 aromatic heterocycles. The van der Waals surface area contributed by atoms with E-state index < -0.39 is 11.8 Å². The van der Waals surface area contributed by atoms with Gasteiger partial charge in [-0.25, -0.2) is 8.78 Å². The van der Waals surface area contributed by atoms with E-state index in [9.17, 15) is 18.8 Å². The first-order valence-corrected chi connectivity index (χ1v) is 9.90. The van der Waals surface area contributed by atoms with Crippen molar-refractivity contribution in [2.45, 2.75) is 64.7 Å². The summed E-state index contributed by atoms with van der Waals surface area (Å²) in [4.78, 5) is 21.1. The second kappa shape index (κ2) is 8.14. The molecule has 29 heavy (non-hydrogen) atoms. The summed E-state index contributed by atoms with van der Waals surface area (Å²) in [5.74, 6) is -2.52. The first-order chi connectivity index (χ1) is 13.4. The van der Waals surface area contributed by atoms with Crippen molar-refractivity contribution < 1.29 is 13.6 Å². The molecule has 0 bridgehead atoms. The number of hydrogen-bond donors (Lipinski definition) is 0. The second-order valence-electron chi connectivity index (χ2n) is 8.55. The number of ketones is 1. The van der Waals surface area contributed by atoms with Crippen LogP contribution in [-0.4, -0.2) is 21.7 Å². The molecule has 2 aliphatic carbocycles. The van der Waals surface area contributed by atoms with Gasteiger partial charge in [-0.1, -0.05) is 20.4 Å². The van der Waals surface area contributed by atoms with E-state index in [4.69, 9.17) is 0 Å². The highest BCUT2D eigenvalue weighted by Crippen LogP contribution is 2.51. The number of nitrogens with zero attached hydrogens (tertiary/aromatic N) is 3. The van der Waals surface area contributed by atoms with Crippen molar-refractivity contribution in [2.75, 3.05) is 0 Å². The van der Waals surface area contributed by atoms with Gasteiger partial charge < -0.3 is 0 Å². The number of nitriles is 1. The SMILES string of the molecule is C.C[C@H]1C[C@@H](CC(=O)CC2CC2(F)F)C[C@@H](c2ccc(C#N)c3nccnc23)C1. The zero-order valence-corrected chi connectivity index (χ0v) is 15.9. The Bertz CT molecular complexity index is 953. The Balaban J connectivity index is 0.00000240. The number of benzene rings is 1. The molecule has 1 aromatic carbocycles. The van der Waals surface area contributed by atoms with E-state index in [2.05, 4.69) is 23.0 Å². The minimum atomic E-state index is -2.63. The summed E-state index contributed by atoms with van der Waals surface area (Å²) in [6.07, 6.45) is 6.25. The maximum absolute atomic E-state index is 13.1. The highest BCUT2D eigenvalue weighted by atomic mass is 19.3. The topological polar surface area (TPSA) is 66.6 Å². The minimum Gasteiger partial charge on any atom is -0.300 e. The van der Waals surface area contributed by atoms with Crippen molar-refractivity contribution in [1.82, 2.24) is 9.97 Å². The zero-order chi connectivity index (χ0) is 19.9. The van der Waals surface area contributed by atoms with Crippen LogP contribution in [0.4, 0.5) is 8.78 Å². The molecule has 4 atom stereocenters. The summed E-state index contributed by atoms with van der Waals surface area (Å²) in [6, 6.07) is 5.92. The molecule has 0 N–H and O–H groups in total. The molecular formula is C23H27F2N3O. The smallest absolute Gasteiger partial charge is 0.252 e. The van der Waals surface area contributed by atoms with Gasteiger partial charge in [0.05, 0.1) is 11.1 Å². The summed E-state index contributed by atoms with van der Waals surface area (Å²) in [5.41, 5.74) is 2.94. The van der Waals surface area contributed by atoms with E-state index >= 15 is 0 Å². The van der Waals surface area contributed by atoms with Crippen molar-refractivity contribution in [3.05, 3.63) is 35.7 Å². The fourth-order valence-corrected chi connectivity index (χ4v) is 4.83. The second-order valence-corrected chi connectivity index (χ2v) is 8.55. The highest BCUT2D eigenvalue weighted by Gasteiger charge is 2.57. The fraction of sp³-hybridized carbons (Fsp3) is 0.565. The number of carbonyl (C=O) groups excluding carboxylic acids is 1. The molecule has 2 saturated carbocycles. The van der Waals surface area contributed by atoms with Gasteiger partial charge in [0, 0.05) is 37.6 Å². The zero-order valence-electron chi connectivity index (χ0n) is 15.9. The number of rotatable bonds is 5. The number of aromatic nitrogens is 2. The van der Waals surface area contributed by atoms with Gasteiger partial charge in [-0.3, -0.25) is 14.8 Å². The lowest BCUT2D eigenvalue weighted by Crippen LogP contribution is -2.23. The van der Waals surface area contributed by atoms with Crippen LogP contribution in [0.15, 0.2) is 24.5 Å². The van der Waals surface area contributed by atoms with Crippen LogP contribution < -0.4 is 0 Å². The lowest BCUT2D eigenvalue weighted by molar-refractivity contribution is -0.121. The summed E-state index contributed by atoms with van der Waals surface area (Å²) in [7, 11) is 0. The van der Waals surface area contributed by atoms with Gasteiger partial charge >= 0.3 is 0 Å². The number of fused-ring (bicyclic) bond motifs is 1. The molecule has 2 aliphatic rings. The normalized spacial score (nSPS) is 27.7. The Morgan fingerprint density at radius 2 is 1.86 bits per heavy atom. The van der Waals surface area contributed by atoms with Gasteiger partial charge in [-0.05, 0) is 48.6 Å². The predicted octanol–water partition coefficient (Wildman–Crippen LogP) is 5.66. The number of halogens is 2. The van der Waals surface area contributed by atoms with E-state index in [1.807, 2.05) is 6.07 Å². The summed E-state index contributed by atoms with van der Waals surface area (Å²) < 4.78 is 26.2.